The molecule has 23 heavy (non-hydrogen) atoms. The zero-order valence-electron chi connectivity index (χ0n) is 13.1. The Bertz CT molecular complexity index is 528. The van der Waals surface area contributed by atoms with Crippen LogP contribution in [0.4, 0.5) is 22.0 Å². The van der Waals surface area contributed by atoms with Crippen LogP contribution in [0.2, 0.25) is 0 Å². The van der Waals surface area contributed by atoms with Gasteiger partial charge in [0, 0.05) is 0 Å². The average Bonchev–Trinajstić information content (AvgIpc) is 2.46. The van der Waals surface area contributed by atoms with Gasteiger partial charge in [-0.3, -0.25) is 0 Å². The summed E-state index contributed by atoms with van der Waals surface area (Å²) < 4.78 is 65.1. The van der Waals surface area contributed by atoms with Crippen LogP contribution in [0.3, 0.4) is 0 Å². The second kappa shape index (κ2) is 7.45. The van der Waals surface area contributed by atoms with Gasteiger partial charge >= 0.3 is 6.18 Å². The van der Waals surface area contributed by atoms with Gasteiger partial charge in [0.25, 0.3) is 0 Å². The molecular weight excluding hydrogens is 311 g/mol. The third-order valence-electron chi connectivity index (χ3n) is 4.45. The van der Waals surface area contributed by atoms with Gasteiger partial charge in [-0.05, 0) is 61.6 Å². The number of rotatable bonds is 4. The summed E-state index contributed by atoms with van der Waals surface area (Å²) in [6, 6.07) is 1.70. The zero-order valence-corrected chi connectivity index (χ0v) is 13.1. The lowest BCUT2D eigenvalue weighted by atomic mass is 9.78. The van der Waals surface area contributed by atoms with Crippen LogP contribution in [0.15, 0.2) is 24.3 Å². The molecular formula is C18H21F5. The molecule has 0 aromatic heterocycles. The Morgan fingerprint density at radius 1 is 1.04 bits per heavy atom. The Balaban J connectivity index is 2.07. The number of alkyl halides is 3. The van der Waals surface area contributed by atoms with Crippen molar-refractivity contribution < 1.29 is 22.0 Å². The fraction of sp³-hybridized carbons (Fsp3) is 0.556. The van der Waals surface area contributed by atoms with Gasteiger partial charge < -0.3 is 0 Å². The number of hydrogen-bond donors (Lipinski definition) is 0. The Labute approximate surface area is 133 Å². The van der Waals surface area contributed by atoms with E-state index in [4.69, 9.17) is 0 Å². The summed E-state index contributed by atoms with van der Waals surface area (Å²) in [5.74, 6) is -2.64. The van der Waals surface area contributed by atoms with Crippen LogP contribution < -0.4 is 0 Å². The van der Waals surface area contributed by atoms with E-state index in [9.17, 15) is 22.0 Å². The SMILES string of the molecule is CCC/C=C/C1CCC(c2cc(F)c(C(F)(F)F)c(F)c2)CC1. The lowest BCUT2D eigenvalue weighted by molar-refractivity contribution is -0.142. The van der Waals surface area contributed by atoms with Crippen molar-refractivity contribution in [2.45, 2.75) is 57.5 Å². The molecule has 0 amide bonds. The van der Waals surface area contributed by atoms with E-state index in [1.807, 2.05) is 0 Å². The van der Waals surface area contributed by atoms with Crippen molar-refractivity contribution in [3.8, 4) is 0 Å². The zero-order chi connectivity index (χ0) is 17.0. The fourth-order valence-corrected chi connectivity index (χ4v) is 3.20. The van der Waals surface area contributed by atoms with Crippen molar-refractivity contribution in [3.63, 3.8) is 0 Å². The largest absolute Gasteiger partial charge is 0.422 e. The van der Waals surface area contributed by atoms with E-state index in [0.717, 1.165) is 50.7 Å². The van der Waals surface area contributed by atoms with Crippen LogP contribution in [0.1, 0.15) is 62.5 Å². The maximum absolute atomic E-state index is 13.7. The molecule has 1 aromatic rings. The summed E-state index contributed by atoms with van der Waals surface area (Å²) in [6.07, 6.45) is 4.75. The van der Waals surface area contributed by atoms with Gasteiger partial charge in [0.05, 0.1) is 0 Å². The molecule has 128 valence electrons. The molecule has 0 bridgehead atoms. The predicted octanol–water partition coefficient (Wildman–Crippen LogP) is 6.61. The molecule has 0 spiro atoms. The van der Waals surface area contributed by atoms with E-state index < -0.39 is 23.4 Å². The highest BCUT2D eigenvalue weighted by Crippen LogP contribution is 2.39. The maximum Gasteiger partial charge on any atom is 0.422 e. The minimum absolute atomic E-state index is 0.0721. The van der Waals surface area contributed by atoms with E-state index in [2.05, 4.69) is 19.1 Å². The third kappa shape index (κ3) is 4.55. The number of allylic oxidation sites excluding steroid dienone is 2. The average molecular weight is 332 g/mol. The molecule has 1 aliphatic rings. The summed E-state index contributed by atoms with van der Waals surface area (Å²) in [5, 5.41) is 0. The first-order valence-electron chi connectivity index (χ1n) is 8.05. The Morgan fingerprint density at radius 2 is 1.61 bits per heavy atom. The smallest absolute Gasteiger partial charge is 0.206 e. The second-order valence-electron chi connectivity index (χ2n) is 6.19. The van der Waals surface area contributed by atoms with Gasteiger partial charge in [-0.15, -0.1) is 0 Å². The molecule has 0 aliphatic heterocycles. The van der Waals surface area contributed by atoms with Gasteiger partial charge in [-0.2, -0.15) is 13.2 Å². The fourth-order valence-electron chi connectivity index (χ4n) is 3.20. The van der Waals surface area contributed by atoms with E-state index >= 15 is 0 Å². The molecule has 1 aromatic carbocycles. The van der Waals surface area contributed by atoms with Crippen molar-refractivity contribution in [2.24, 2.45) is 5.92 Å². The molecule has 1 aliphatic carbocycles. The molecule has 1 saturated carbocycles. The number of benzene rings is 1. The Hall–Kier alpha value is -1.39. The molecule has 0 saturated heterocycles. The third-order valence-corrected chi connectivity index (χ3v) is 4.45. The van der Waals surface area contributed by atoms with Crippen molar-refractivity contribution in [3.05, 3.63) is 47.0 Å². The summed E-state index contributed by atoms with van der Waals surface area (Å²) in [6.45, 7) is 2.11. The normalized spacial score (nSPS) is 22.7. The van der Waals surface area contributed by atoms with Crippen LogP contribution in [-0.4, -0.2) is 0 Å². The molecule has 0 heterocycles. The van der Waals surface area contributed by atoms with Crippen LogP contribution in [0, 0.1) is 17.6 Å². The lowest BCUT2D eigenvalue weighted by Gasteiger charge is -2.27. The van der Waals surface area contributed by atoms with Crippen LogP contribution >= 0.6 is 0 Å². The van der Waals surface area contributed by atoms with Crippen molar-refractivity contribution in [1.29, 1.82) is 0 Å². The summed E-state index contributed by atoms with van der Waals surface area (Å²) >= 11 is 0. The molecule has 2 rings (SSSR count). The highest BCUT2D eigenvalue weighted by Gasteiger charge is 2.38. The van der Waals surface area contributed by atoms with E-state index in [0.29, 0.717) is 11.5 Å². The predicted molar refractivity (Wildman–Crippen MR) is 80.1 cm³/mol. The van der Waals surface area contributed by atoms with Gasteiger partial charge in [0.15, 0.2) is 0 Å². The van der Waals surface area contributed by atoms with Crippen molar-refractivity contribution >= 4 is 0 Å². The van der Waals surface area contributed by atoms with Crippen LogP contribution in [0.5, 0.6) is 0 Å². The highest BCUT2D eigenvalue weighted by molar-refractivity contribution is 5.30. The first kappa shape index (κ1) is 18.0. The van der Waals surface area contributed by atoms with E-state index in [1.165, 1.54) is 0 Å². The molecule has 0 radical (unpaired) electrons. The molecule has 0 nitrogen and oxygen atoms in total. The topological polar surface area (TPSA) is 0 Å². The quantitative estimate of drug-likeness (QED) is 0.430. The highest BCUT2D eigenvalue weighted by atomic mass is 19.4. The van der Waals surface area contributed by atoms with E-state index in [1.54, 1.807) is 0 Å². The second-order valence-corrected chi connectivity index (χ2v) is 6.19. The van der Waals surface area contributed by atoms with Crippen molar-refractivity contribution in [1.82, 2.24) is 0 Å². The Kier molecular flexibility index (Phi) is 5.82. The monoisotopic (exact) mass is 332 g/mol. The summed E-state index contributed by atoms with van der Waals surface area (Å²) in [5.41, 5.74) is -1.46. The Morgan fingerprint density at radius 3 is 2.09 bits per heavy atom. The molecule has 0 atom stereocenters. The van der Waals surface area contributed by atoms with Crippen molar-refractivity contribution in [2.75, 3.05) is 0 Å². The first-order valence-corrected chi connectivity index (χ1v) is 8.05. The minimum Gasteiger partial charge on any atom is -0.206 e. The minimum atomic E-state index is -5.01. The summed E-state index contributed by atoms with van der Waals surface area (Å²) in [7, 11) is 0. The standard InChI is InChI=1S/C18H21F5/c1-2-3-4-5-12-6-8-13(9-7-12)14-10-15(19)17(16(20)11-14)18(21,22)23/h4-5,10-13H,2-3,6-9H2,1H3/b5-4+. The molecule has 0 unspecified atom stereocenters. The van der Waals surface area contributed by atoms with Gasteiger partial charge in [-0.25, -0.2) is 8.78 Å². The molecule has 1 fully saturated rings. The summed E-state index contributed by atoms with van der Waals surface area (Å²) in [4.78, 5) is 0. The number of unbranched alkanes of at least 4 members (excludes halogenated alkanes) is 1. The van der Waals surface area contributed by atoms with Crippen LogP contribution in [0.25, 0.3) is 0 Å². The number of halogens is 5. The van der Waals surface area contributed by atoms with E-state index in [-0.39, 0.29) is 5.92 Å². The van der Waals surface area contributed by atoms with Gasteiger partial charge in [-0.1, -0.05) is 25.5 Å². The molecule has 0 N–H and O–H groups in total. The lowest BCUT2D eigenvalue weighted by Crippen LogP contribution is -2.15. The van der Waals surface area contributed by atoms with Gasteiger partial charge in [0.1, 0.15) is 17.2 Å². The first-order chi connectivity index (χ1) is 10.8. The number of hydrogen-bond acceptors (Lipinski definition) is 0. The van der Waals surface area contributed by atoms with Crippen LogP contribution in [-0.2, 0) is 6.18 Å². The maximum atomic E-state index is 13.7. The van der Waals surface area contributed by atoms with Gasteiger partial charge in [0.2, 0.25) is 0 Å². The molecule has 5 heteroatoms.